The fourth-order valence-corrected chi connectivity index (χ4v) is 4.64. The van der Waals surface area contributed by atoms with E-state index in [1.54, 1.807) is 0 Å². The van der Waals surface area contributed by atoms with Crippen LogP contribution >= 0.6 is 11.3 Å². The van der Waals surface area contributed by atoms with E-state index in [-0.39, 0.29) is 6.03 Å². The van der Waals surface area contributed by atoms with Gasteiger partial charge in [-0.2, -0.15) is 0 Å². The van der Waals surface area contributed by atoms with Crippen LogP contribution < -0.4 is 21.3 Å². The molecule has 1 aliphatic carbocycles. The number of primary amides is 1. The highest BCUT2D eigenvalue weighted by Gasteiger charge is 2.26. The minimum Gasteiger partial charge on any atom is -0.370 e. The Morgan fingerprint density at radius 2 is 2.04 bits per heavy atom. The summed E-state index contributed by atoms with van der Waals surface area (Å²) >= 11 is 1.48. The van der Waals surface area contributed by atoms with Crippen molar-refractivity contribution >= 4 is 28.3 Å². The van der Waals surface area contributed by atoms with Crippen LogP contribution in [0.2, 0.25) is 0 Å². The van der Waals surface area contributed by atoms with Gasteiger partial charge in [-0.1, -0.05) is 0 Å². The van der Waals surface area contributed by atoms with Crippen LogP contribution in [0.5, 0.6) is 0 Å². The standard InChI is InChI=1S/C16H24N4O3S/c17-14(21)13-11-3-1-4-12(11)24-15(13)19-16(22)18-5-2-6-20-7-9-23-10-8-20/h1-10H2,(H2,17,21)(H2,18,19,22)/p+1. The van der Waals surface area contributed by atoms with Crippen molar-refractivity contribution in [1.82, 2.24) is 5.32 Å². The third-order valence-electron chi connectivity index (χ3n) is 4.59. The minimum absolute atomic E-state index is 0.269. The molecule has 8 heteroatoms. The van der Waals surface area contributed by atoms with E-state index in [9.17, 15) is 9.59 Å². The topological polar surface area (TPSA) is 97.9 Å². The molecule has 1 aromatic rings. The Balaban J connectivity index is 1.46. The first kappa shape index (κ1) is 17.2. The Bertz CT molecular complexity index is 611. The molecule has 2 aliphatic rings. The molecule has 0 bridgehead atoms. The molecule has 7 nitrogen and oxygen atoms in total. The van der Waals surface area contributed by atoms with Gasteiger partial charge >= 0.3 is 6.03 Å². The second-order valence-corrected chi connectivity index (χ2v) is 7.38. The first-order valence-electron chi connectivity index (χ1n) is 8.55. The molecular weight excluding hydrogens is 328 g/mol. The van der Waals surface area contributed by atoms with Gasteiger partial charge in [-0.15, -0.1) is 11.3 Å². The van der Waals surface area contributed by atoms with Gasteiger partial charge in [0.1, 0.15) is 18.1 Å². The number of nitrogens with two attached hydrogens (primary N) is 1. The second-order valence-electron chi connectivity index (χ2n) is 6.27. The maximum Gasteiger partial charge on any atom is 0.319 e. The fraction of sp³-hybridized carbons (Fsp3) is 0.625. The molecule has 0 unspecified atom stereocenters. The number of morpholine rings is 1. The maximum atomic E-state index is 12.1. The number of aryl methyl sites for hydroxylation is 1. The molecule has 0 atom stereocenters. The van der Waals surface area contributed by atoms with Gasteiger partial charge in [0.15, 0.2) is 0 Å². The van der Waals surface area contributed by atoms with E-state index in [2.05, 4.69) is 10.6 Å². The summed E-state index contributed by atoms with van der Waals surface area (Å²) in [5.74, 6) is -0.458. The summed E-state index contributed by atoms with van der Waals surface area (Å²) in [7, 11) is 0. The van der Waals surface area contributed by atoms with E-state index >= 15 is 0 Å². The van der Waals surface area contributed by atoms with Gasteiger partial charge in [0.2, 0.25) is 0 Å². The molecular formula is C16H25N4O3S+. The molecule has 0 aromatic carbocycles. The molecule has 1 aliphatic heterocycles. The van der Waals surface area contributed by atoms with Crippen LogP contribution in [0.4, 0.5) is 9.80 Å². The number of ether oxygens (including phenoxy) is 1. The van der Waals surface area contributed by atoms with E-state index < -0.39 is 5.91 Å². The Morgan fingerprint density at radius 1 is 1.25 bits per heavy atom. The predicted octanol–water partition coefficient (Wildman–Crippen LogP) is -0.238. The lowest BCUT2D eigenvalue weighted by Gasteiger charge is -2.23. The van der Waals surface area contributed by atoms with Crippen molar-refractivity contribution < 1.29 is 19.2 Å². The summed E-state index contributed by atoms with van der Waals surface area (Å²) in [5, 5.41) is 6.25. The zero-order valence-electron chi connectivity index (χ0n) is 13.8. The van der Waals surface area contributed by atoms with Gasteiger partial charge in [-0.25, -0.2) is 4.79 Å². The van der Waals surface area contributed by atoms with Crippen molar-refractivity contribution in [2.24, 2.45) is 5.73 Å². The zero-order chi connectivity index (χ0) is 16.9. The third kappa shape index (κ3) is 4.06. The lowest BCUT2D eigenvalue weighted by Crippen LogP contribution is -3.14. The normalized spacial score (nSPS) is 17.5. The SMILES string of the molecule is NC(=O)c1c(NC(=O)NCCC[NH+]2CCOCC2)sc2c1CCC2. The quantitative estimate of drug-likeness (QED) is 0.532. The largest absolute Gasteiger partial charge is 0.370 e. The van der Waals surface area contributed by atoms with E-state index in [1.165, 1.54) is 21.1 Å². The summed E-state index contributed by atoms with van der Waals surface area (Å²) in [4.78, 5) is 26.5. The van der Waals surface area contributed by atoms with Gasteiger partial charge in [0, 0.05) is 17.8 Å². The molecule has 132 valence electrons. The molecule has 24 heavy (non-hydrogen) atoms. The summed E-state index contributed by atoms with van der Waals surface area (Å²) in [6, 6.07) is -0.269. The maximum absolute atomic E-state index is 12.1. The average molecular weight is 353 g/mol. The molecule has 0 saturated carbocycles. The third-order valence-corrected chi connectivity index (χ3v) is 5.79. The lowest BCUT2D eigenvalue weighted by atomic mass is 10.1. The summed E-state index contributed by atoms with van der Waals surface area (Å²) in [6.07, 6.45) is 3.81. The van der Waals surface area contributed by atoms with E-state index in [1.807, 2.05) is 0 Å². The highest BCUT2D eigenvalue weighted by atomic mass is 32.1. The van der Waals surface area contributed by atoms with Crippen LogP contribution in [-0.4, -0.2) is 51.3 Å². The average Bonchev–Trinajstić information content (AvgIpc) is 3.12. The van der Waals surface area contributed by atoms with Crippen LogP contribution in [0.25, 0.3) is 0 Å². The Hall–Kier alpha value is -1.64. The number of amides is 3. The van der Waals surface area contributed by atoms with Gasteiger partial charge in [-0.05, 0) is 24.8 Å². The molecule has 1 aromatic heterocycles. The van der Waals surface area contributed by atoms with E-state index in [0.717, 1.165) is 64.1 Å². The molecule has 3 rings (SSSR count). The number of rotatable bonds is 6. The predicted molar refractivity (Wildman–Crippen MR) is 92.9 cm³/mol. The summed E-state index contributed by atoms with van der Waals surface area (Å²) < 4.78 is 5.33. The highest BCUT2D eigenvalue weighted by Crippen LogP contribution is 2.38. The van der Waals surface area contributed by atoms with Crippen LogP contribution in [0.15, 0.2) is 0 Å². The monoisotopic (exact) mass is 353 g/mol. The van der Waals surface area contributed by atoms with Crippen molar-refractivity contribution in [1.29, 1.82) is 0 Å². The van der Waals surface area contributed by atoms with E-state index in [0.29, 0.717) is 17.1 Å². The van der Waals surface area contributed by atoms with Crippen molar-refractivity contribution in [3.63, 3.8) is 0 Å². The molecule has 3 amide bonds. The highest BCUT2D eigenvalue weighted by molar-refractivity contribution is 7.17. The van der Waals surface area contributed by atoms with Gasteiger partial charge < -0.3 is 20.7 Å². The number of quaternary nitrogens is 1. The number of thiophene rings is 1. The molecule has 5 N–H and O–H groups in total. The number of nitrogens with one attached hydrogen (secondary N) is 3. The number of carbonyl (C=O) groups is 2. The van der Waals surface area contributed by atoms with Gasteiger partial charge in [0.05, 0.1) is 25.3 Å². The van der Waals surface area contributed by atoms with Crippen molar-refractivity contribution in [2.45, 2.75) is 25.7 Å². The van der Waals surface area contributed by atoms with Crippen LogP contribution in [0, 0.1) is 0 Å². The Labute approximate surface area is 145 Å². The first-order valence-corrected chi connectivity index (χ1v) is 9.37. The lowest BCUT2D eigenvalue weighted by molar-refractivity contribution is -0.908. The number of carbonyl (C=O) groups excluding carboxylic acids is 2. The number of fused-ring (bicyclic) bond motifs is 1. The molecule has 1 saturated heterocycles. The summed E-state index contributed by atoms with van der Waals surface area (Å²) in [5.41, 5.74) is 7.02. The summed E-state index contributed by atoms with van der Waals surface area (Å²) in [6.45, 7) is 5.37. The van der Waals surface area contributed by atoms with Crippen molar-refractivity contribution in [3.05, 3.63) is 16.0 Å². The van der Waals surface area contributed by atoms with Gasteiger partial charge in [-0.3, -0.25) is 10.1 Å². The van der Waals surface area contributed by atoms with Crippen LogP contribution in [0.3, 0.4) is 0 Å². The fourth-order valence-electron chi connectivity index (χ4n) is 3.35. The van der Waals surface area contributed by atoms with Crippen molar-refractivity contribution in [3.8, 4) is 0 Å². The van der Waals surface area contributed by atoms with Crippen LogP contribution in [0.1, 0.15) is 33.6 Å². The van der Waals surface area contributed by atoms with E-state index in [4.69, 9.17) is 10.5 Å². The van der Waals surface area contributed by atoms with Crippen LogP contribution in [-0.2, 0) is 17.6 Å². The Morgan fingerprint density at radius 3 is 2.79 bits per heavy atom. The van der Waals surface area contributed by atoms with Crippen molar-refractivity contribution in [2.75, 3.05) is 44.7 Å². The minimum atomic E-state index is -0.458. The molecule has 2 heterocycles. The number of hydrogen-bond donors (Lipinski definition) is 4. The van der Waals surface area contributed by atoms with Gasteiger partial charge in [0.25, 0.3) is 5.91 Å². The second kappa shape index (κ2) is 7.96. The molecule has 0 radical (unpaired) electrons. The Kier molecular flexibility index (Phi) is 5.70. The smallest absolute Gasteiger partial charge is 0.319 e. The molecule has 0 spiro atoms. The number of hydrogen-bond acceptors (Lipinski definition) is 4. The number of urea groups is 1. The number of anilines is 1. The molecule has 1 fully saturated rings. The zero-order valence-corrected chi connectivity index (χ0v) is 14.6. The first-order chi connectivity index (χ1) is 11.6.